The van der Waals surface area contributed by atoms with E-state index in [2.05, 4.69) is 156 Å². The number of nitrogens with zero attached hydrogens (tertiary/aromatic N) is 2. The van der Waals surface area contributed by atoms with E-state index in [1.165, 1.54) is 95.8 Å². The molecule has 11 aromatic rings. The van der Waals surface area contributed by atoms with Crippen molar-refractivity contribution in [1.82, 2.24) is 9.97 Å². The van der Waals surface area contributed by atoms with Gasteiger partial charge in [0, 0.05) is 0 Å². The Morgan fingerprint density at radius 2 is 0.774 bits per heavy atom. The molecule has 0 saturated heterocycles. The first-order valence-electron chi connectivity index (χ1n) is 18.0. The molecule has 0 saturated carbocycles. The van der Waals surface area contributed by atoms with Crippen molar-refractivity contribution in [3.8, 4) is 44.5 Å². The van der Waals surface area contributed by atoms with Crippen molar-refractivity contribution in [2.75, 3.05) is 0 Å². The van der Waals surface area contributed by atoms with Gasteiger partial charge in [0.25, 0.3) is 0 Å². The Kier molecular flexibility index (Phi) is 6.91. The molecule has 2 nitrogen and oxygen atoms in total. The number of rotatable bonds is 4. The zero-order valence-electron chi connectivity index (χ0n) is 28.6. The molecule has 3 heterocycles. The Hall–Kier alpha value is -6.38. The van der Waals surface area contributed by atoms with E-state index >= 15 is 0 Å². The molecule has 246 valence electrons. The van der Waals surface area contributed by atoms with Gasteiger partial charge in [0.05, 0.1) is 0 Å². The van der Waals surface area contributed by atoms with Crippen LogP contribution in [-0.4, -0.2) is 24.5 Å². The summed E-state index contributed by atoms with van der Waals surface area (Å²) in [5, 5.41) is 12.7. The molecule has 0 bridgehead atoms. The van der Waals surface area contributed by atoms with E-state index in [-0.39, 0.29) is 14.5 Å². The van der Waals surface area contributed by atoms with E-state index in [0.717, 1.165) is 11.1 Å². The van der Waals surface area contributed by atoms with Gasteiger partial charge in [-0.05, 0) is 0 Å². The first kappa shape index (κ1) is 30.3. The Bertz CT molecular complexity index is 3100. The fourth-order valence-corrected chi connectivity index (χ4v) is 11.0. The predicted octanol–water partition coefficient (Wildman–Crippen LogP) is 13.1. The van der Waals surface area contributed by atoms with Crippen molar-refractivity contribution in [1.29, 1.82) is 0 Å². The third-order valence-corrected chi connectivity index (χ3v) is 13.2. The van der Waals surface area contributed by atoms with Gasteiger partial charge in [0.15, 0.2) is 0 Å². The summed E-state index contributed by atoms with van der Waals surface area (Å²) in [6, 6.07) is 58.2. The molecule has 0 radical (unpaired) electrons. The molecular weight excluding hydrogens is 708 g/mol. The molecule has 11 rings (SSSR count). The predicted molar refractivity (Wildman–Crippen MR) is 226 cm³/mol. The van der Waals surface area contributed by atoms with Crippen molar-refractivity contribution in [2.24, 2.45) is 0 Å². The Morgan fingerprint density at radius 1 is 0.321 bits per heavy atom. The zero-order chi connectivity index (χ0) is 34.9. The van der Waals surface area contributed by atoms with Crippen molar-refractivity contribution in [2.45, 2.75) is 0 Å². The zero-order valence-corrected chi connectivity index (χ0v) is 30.3. The molecule has 0 aliphatic rings. The van der Waals surface area contributed by atoms with Gasteiger partial charge in [-0.1, -0.05) is 0 Å². The van der Waals surface area contributed by atoms with Gasteiger partial charge in [-0.2, -0.15) is 0 Å². The van der Waals surface area contributed by atoms with Crippen LogP contribution in [0.5, 0.6) is 0 Å². The molecule has 0 atom stereocenters. The van der Waals surface area contributed by atoms with Crippen LogP contribution in [0, 0.1) is 0 Å². The van der Waals surface area contributed by atoms with Crippen molar-refractivity contribution in [3.05, 3.63) is 183 Å². The first-order valence-corrected chi connectivity index (χ1v) is 19.7. The van der Waals surface area contributed by atoms with Crippen LogP contribution in [-0.2, 0) is 0 Å². The van der Waals surface area contributed by atoms with Gasteiger partial charge in [-0.25, -0.2) is 0 Å². The van der Waals surface area contributed by atoms with Crippen LogP contribution in [0.4, 0.5) is 0 Å². The maximum absolute atomic E-state index is 4.52. The van der Waals surface area contributed by atoms with E-state index in [9.17, 15) is 0 Å². The summed E-state index contributed by atoms with van der Waals surface area (Å²) in [6.45, 7) is 0. The van der Waals surface area contributed by atoms with E-state index < -0.39 is 0 Å². The molecule has 0 aliphatic carbocycles. The third kappa shape index (κ3) is 4.65. The molecule has 3 aromatic heterocycles. The van der Waals surface area contributed by atoms with Crippen LogP contribution in [0.3, 0.4) is 0 Å². The standard InChI is InChI=1S/C50H30N2Se/c1-3-16-36-34(14-1)46(35-15-2-4-17-37(35)47(36)32-12-10-26-51-29-32)31-24-25-44-43(28-31)50-42(22-9-23-45(50)53-44)49-40-20-7-5-18-38(40)48(33-13-11-27-52-30-33)39-19-6-8-21-41(39)49/h1-30H. The monoisotopic (exact) mass is 738 g/mol. The van der Waals surface area contributed by atoms with Crippen molar-refractivity contribution in [3.63, 3.8) is 0 Å². The fraction of sp³-hybridized carbons (Fsp3) is 0. The second-order valence-corrected chi connectivity index (χ2v) is 15.9. The van der Waals surface area contributed by atoms with E-state index in [1.54, 1.807) is 0 Å². The number of hydrogen-bond donors (Lipinski definition) is 0. The summed E-state index contributed by atoms with van der Waals surface area (Å²) in [7, 11) is 0. The van der Waals surface area contributed by atoms with Gasteiger partial charge in [-0.15, -0.1) is 0 Å². The molecule has 0 unspecified atom stereocenters. The SMILES string of the molecule is c1cncc(-c2c3ccccc3c(-c3ccc4[se]c5cccc(-c6c7ccccc7c(-c7cccnc7)c7ccccc67)c5c4c3)c3ccccc23)c1. The first-order chi connectivity index (χ1) is 26.3. The van der Waals surface area contributed by atoms with E-state index in [4.69, 9.17) is 0 Å². The molecule has 0 amide bonds. The maximum atomic E-state index is 4.52. The van der Waals surface area contributed by atoms with E-state index in [1.807, 2.05) is 36.9 Å². The summed E-state index contributed by atoms with van der Waals surface area (Å²) in [5.41, 5.74) is 9.86. The molecule has 0 N–H and O–H groups in total. The number of hydrogen-bond acceptors (Lipinski definition) is 2. The molecule has 3 heteroatoms. The van der Waals surface area contributed by atoms with Crippen LogP contribution in [0.25, 0.3) is 107 Å². The molecule has 8 aromatic carbocycles. The van der Waals surface area contributed by atoms with Crippen LogP contribution in [0.2, 0.25) is 0 Å². The second kappa shape index (κ2) is 12.1. The number of pyridine rings is 2. The fourth-order valence-electron chi connectivity index (χ4n) is 8.69. The average Bonchev–Trinajstić information content (AvgIpc) is 3.61. The minimum absolute atomic E-state index is 0.203. The Morgan fingerprint density at radius 3 is 1.23 bits per heavy atom. The Labute approximate surface area is 312 Å². The number of fused-ring (bicyclic) bond motifs is 7. The summed E-state index contributed by atoms with van der Waals surface area (Å²) in [5.74, 6) is 0. The molecule has 0 aliphatic heterocycles. The summed E-state index contributed by atoms with van der Waals surface area (Å²) < 4.78 is 2.87. The molecule has 53 heavy (non-hydrogen) atoms. The number of benzene rings is 8. The second-order valence-electron chi connectivity index (χ2n) is 13.7. The molecule has 0 fully saturated rings. The third-order valence-electron chi connectivity index (χ3n) is 10.8. The topological polar surface area (TPSA) is 25.8 Å². The van der Waals surface area contributed by atoms with Crippen LogP contribution < -0.4 is 0 Å². The van der Waals surface area contributed by atoms with Crippen LogP contribution in [0.1, 0.15) is 0 Å². The van der Waals surface area contributed by atoms with E-state index in [0.29, 0.717) is 0 Å². The normalized spacial score (nSPS) is 11.8. The molecular formula is C50H30N2Se. The van der Waals surface area contributed by atoms with Crippen molar-refractivity contribution < 1.29 is 0 Å². The van der Waals surface area contributed by atoms with Crippen molar-refractivity contribution >= 4 is 76.9 Å². The average molecular weight is 738 g/mol. The van der Waals surface area contributed by atoms with Crippen LogP contribution in [0.15, 0.2) is 183 Å². The summed E-state index contributed by atoms with van der Waals surface area (Å²) in [6.07, 6.45) is 7.68. The quantitative estimate of drug-likeness (QED) is 0.133. The summed E-state index contributed by atoms with van der Waals surface area (Å²) >= 11 is 0.203. The van der Waals surface area contributed by atoms with Gasteiger partial charge < -0.3 is 0 Å². The number of aromatic nitrogens is 2. The minimum atomic E-state index is 0.203. The summed E-state index contributed by atoms with van der Waals surface area (Å²) in [4.78, 5) is 9.02. The van der Waals surface area contributed by atoms with Gasteiger partial charge in [0.1, 0.15) is 0 Å². The van der Waals surface area contributed by atoms with Gasteiger partial charge in [0.2, 0.25) is 0 Å². The molecule has 0 spiro atoms. The van der Waals surface area contributed by atoms with Crippen LogP contribution >= 0.6 is 0 Å². The Balaban J connectivity index is 1.23. The van der Waals surface area contributed by atoms with Gasteiger partial charge >= 0.3 is 314 Å². The van der Waals surface area contributed by atoms with Gasteiger partial charge in [-0.3, -0.25) is 0 Å².